The Bertz CT molecular complexity index is 1830. The molecule has 2 aliphatic carbocycles. The lowest BCUT2D eigenvalue weighted by Crippen LogP contribution is -2.68. The molecule has 1 aromatic rings. The van der Waals surface area contributed by atoms with Crippen LogP contribution >= 0.6 is 0 Å². The number of carbonyl (C=O) groups is 6. The minimum absolute atomic E-state index is 0.00326. The minimum Gasteiger partial charge on any atom is -0.480 e. The van der Waals surface area contributed by atoms with E-state index in [0.717, 1.165) is 31.2 Å². The first-order valence-corrected chi connectivity index (χ1v) is 21.4. The molecule has 336 valence electrons. The first kappa shape index (κ1) is 46.7. The number of nitrogens with zero attached hydrogens (tertiary/aromatic N) is 5. The van der Waals surface area contributed by atoms with Gasteiger partial charge in [-0.25, -0.2) is 4.79 Å². The Morgan fingerprint density at radius 1 is 0.869 bits per heavy atom. The molecule has 5 rings (SSSR count). The summed E-state index contributed by atoms with van der Waals surface area (Å²) >= 11 is 0. The average Bonchev–Trinajstić information content (AvgIpc) is 3.64. The first-order chi connectivity index (χ1) is 29.1. The molecule has 5 amide bonds. The van der Waals surface area contributed by atoms with Crippen molar-refractivity contribution in [2.75, 3.05) is 19.7 Å². The van der Waals surface area contributed by atoms with E-state index in [2.05, 4.69) is 15.3 Å². The molecule has 0 unspecified atom stereocenters. The molecule has 4 aliphatic rings. The van der Waals surface area contributed by atoms with Gasteiger partial charge in [-0.05, 0) is 74.8 Å². The number of aliphatic hydroxyl groups excluding tert-OH is 1. The van der Waals surface area contributed by atoms with Gasteiger partial charge in [-0.3, -0.25) is 38.9 Å². The van der Waals surface area contributed by atoms with Crippen LogP contribution in [-0.4, -0.2) is 134 Å². The molecule has 0 aromatic heterocycles. The summed E-state index contributed by atoms with van der Waals surface area (Å²) in [5.74, 6) is -5.58. The summed E-state index contributed by atoms with van der Waals surface area (Å²) in [6, 6.07) is 0.115. The number of aliphatic hydroxyl groups is 1. The number of fused-ring (bicyclic) bond motifs is 2. The minimum atomic E-state index is -1.88. The first-order valence-electron chi connectivity index (χ1n) is 21.4. The van der Waals surface area contributed by atoms with E-state index in [1.807, 2.05) is 12.1 Å². The third kappa shape index (κ3) is 11.1. The highest BCUT2D eigenvalue weighted by Crippen LogP contribution is 2.41. The Morgan fingerprint density at radius 3 is 2.11 bits per heavy atom. The number of aliphatic imine (C=N–C) groups is 2. The quantitative estimate of drug-likeness (QED) is 0.0489. The predicted octanol–water partition coefficient (Wildman–Crippen LogP) is -1.52. The third-order valence-corrected chi connectivity index (χ3v) is 12.7. The topological polar surface area (TPSA) is 345 Å². The number of nitrogens with one attached hydrogen (secondary N) is 1. The number of carboxylic acids is 1. The second-order valence-corrected chi connectivity index (χ2v) is 16.9. The molecule has 2 heterocycles. The van der Waals surface area contributed by atoms with Crippen LogP contribution in [0.15, 0.2) is 34.3 Å². The van der Waals surface area contributed by atoms with Gasteiger partial charge in [0.15, 0.2) is 11.9 Å². The summed E-state index contributed by atoms with van der Waals surface area (Å²) in [6.45, 7) is -0.919. The summed E-state index contributed by atoms with van der Waals surface area (Å²) in [5.41, 5.74) is 34.8. The van der Waals surface area contributed by atoms with Crippen LogP contribution in [0.25, 0.3) is 0 Å². The van der Waals surface area contributed by atoms with E-state index < -0.39 is 77.9 Å². The van der Waals surface area contributed by atoms with Gasteiger partial charge in [0.2, 0.25) is 23.6 Å². The van der Waals surface area contributed by atoms with Crippen molar-refractivity contribution in [1.82, 2.24) is 20.0 Å². The van der Waals surface area contributed by atoms with Crippen molar-refractivity contribution >= 4 is 47.4 Å². The van der Waals surface area contributed by atoms with Gasteiger partial charge in [-0.15, -0.1) is 0 Å². The normalized spacial score (nSPS) is 23.3. The zero-order valence-corrected chi connectivity index (χ0v) is 34.8. The summed E-state index contributed by atoms with van der Waals surface area (Å²) < 4.78 is 0. The van der Waals surface area contributed by atoms with Crippen LogP contribution in [0.5, 0.6) is 0 Å². The molecule has 3 fully saturated rings. The van der Waals surface area contributed by atoms with Gasteiger partial charge >= 0.3 is 5.97 Å². The molecule has 1 saturated heterocycles. The number of amides is 5. The van der Waals surface area contributed by atoms with Gasteiger partial charge in [0.25, 0.3) is 5.91 Å². The van der Waals surface area contributed by atoms with Crippen LogP contribution in [0.3, 0.4) is 0 Å². The smallest absolute Gasteiger partial charge is 0.326 e. The van der Waals surface area contributed by atoms with Gasteiger partial charge in [0, 0.05) is 32.1 Å². The van der Waals surface area contributed by atoms with E-state index in [1.165, 1.54) is 9.80 Å². The molecule has 2 aliphatic heterocycles. The number of nitrogens with two attached hydrogens (primary N) is 6. The van der Waals surface area contributed by atoms with Crippen molar-refractivity contribution in [3.05, 3.63) is 35.4 Å². The zero-order chi connectivity index (χ0) is 44.4. The molecule has 7 atom stereocenters. The molecule has 1 aromatic carbocycles. The van der Waals surface area contributed by atoms with Crippen molar-refractivity contribution in [1.29, 1.82) is 0 Å². The van der Waals surface area contributed by atoms with Gasteiger partial charge in [0.05, 0.1) is 18.2 Å². The molecule has 20 nitrogen and oxygen atoms in total. The number of hydrogen-bond acceptors (Lipinski definition) is 11. The SMILES string of the molecule is NC(N)=NCCC[C@@H](N)C(=O)N[C@@H](CCCN=C(N)N)C(=O)N(C(=O)C1(N)CCCCC1)[C@@H](CO)C(=O)N1Cc2ccccc2C[C@@H]1C(=O)N1[C@H](C(=O)O)C[C@@H]2CCCC[C@@H]21. The summed E-state index contributed by atoms with van der Waals surface area (Å²) in [6.07, 6.45) is 6.31. The summed E-state index contributed by atoms with van der Waals surface area (Å²) in [5, 5.41) is 24.2. The second-order valence-electron chi connectivity index (χ2n) is 16.9. The number of imide groups is 1. The Hall–Kier alpha value is -5.34. The van der Waals surface area contributed by atoms with Crippen LogP contribution in [0, 0.1) is 5.92 Å². The highest BCUT2D eigenvalue weighted by atomic mass is 16.4. The standard InChI is InChI=1S/C41H64N12O8/c42-27(13-8-18-48-39(43)44)33(55)50-28(14-9-19-49-40(45)46)34(56)53(38(61)41(47)16-6-1-7-17-41)32(23-54)35(57)51-22-26-12-3-2-10-24(26)20-30(51)36(58)52-29-15-5-4-11-25(29)21-31(52)37(59)60/h2-3,10,12,25,27-32,54H,1,4-9,11,13-23,42,47H2,(H,50,55)(H,59,60)(H4,43,44,48)(H4,45,46,49)/t25-,27+,28-,29-,30+,31-,32-/m0/s1. The molecule has 2 saturated carbocycles. The zero-order valence-electron chi connectivity index (χ0n) is 34.8. The molecule has 0 radical (unpaired) electrons. The van der Waals surface area contributed by atoms with E-state index in [9.17, 15) is 29.4 Å². The monoisotopic (exact) mass is 852 g/mol. The van der Waals surface area contributed by atoms with Gasteiger partial charge in [0.1, 0.15) is 24.2 Å². The van der Waals surface area contributed by atoms with Crippen LogP contribution in [0.4, 0.5) is 0 Å². The highest BCUT2D eigenvalue weighted by Gasteiger charge is 2.53. The van der Waals surface area contributed by atoms with Crippen molar-refractivity contribution in [2.24, 2.45) is 50.3 Å². The highest BCUT2D eigenvalue weighted by molar-refractivity contribution is 6.07. The number of aliphatic carboxylic acids is 1. The number of benzene rings is 1. The van der Waals surface area contributed by atoms with Crippen molar-refractivity contribution in [3.8, 4) is 0 Å². The fourth-order valence-corrected chi connectivity index (χ4v) is 9.50. The number of guanidine groups is 2. The predicted molar refractivity (Wildman–Crippen MR) is 226 cm³/mol. The average molecular weight is 853 g/mol. The number of likely N-dealkylation sites (tertiary alicyclic amines) is 1. The number of rotatable bonds is 17. The Morgan fingerprint density at radius 2 is 1.49 bits per heavy atom. The summed E-state index contributed by atoms with van der Waals surface area (Å²) in [4.78, 5) is 97.4. The van der Waals surface area contributed by atoms with E-state index in [4.69, 9.17) is 34.4 Å². The van der Waals surface area contributed by atoms with Crippen molar-refractivity contribution in [3.63, 3.8) is 0 Å². The number of carboxylic acid groups (broad SMARTS) is 1. The molecule has 20 heteroatoms. The number of hydrogen-bond donors (Lipinski definition) is 9. The Labute approximate surface area is 355 Å². The van der Waals surface area contributed by atoms with E-state index in [0.29, 0.717) is 42.6 Å². The maximum absolute atomic E-state index is 15.2. The lowest BCUT2D eigenvalue weighted by Gasteiger charge is -2.44. The number of carbonyl (C=O) groups excluding carboxylic acids is 5. The summed E-state index contributed by atoms with van der Waals surface area (Å²) in [7, 11) is 0. The molecule has 0 bridgehead atoms. The molecule has 0 spiro atoms. The van der Waals surface area contributed by atoms with Crippen molar-refractivity contribution < 1.29 is 39.0 Å². The van der Waals surface area contributed by atoms with E-state index in [1.54, 1.807) is 12.1 Å². The molecule has 61 heavy (non-hydrogen) atoms. The van der Waals surface area contributed by atoms with Crippen LogP contribution < -0.4 is 39.7 Å². The molecule has 15 N–H and O–H groups in total. The molecular formula is C41H64N12O8. The Balaban J connectivity index is 1.53. The van der Waals surface area contributed by atoms with E-state index in [-0.39, 0.29) is 82.0 Å². The van der Waals surface area contributed by atoms with Crippen molar-refractivity contribution in [2.45, 2.75) is 145 Å². The Kier molecular flexibility index (Phi) is 16.1. The van der Waals surface area contributed by atoms with Crippen LogP contribution in [0.2, 0.25) is 0 Å². The lowest BCUT2D eigenvalue weighted by atomic mass is 9.81. The maximum Gasteiger partial charge on any atom is 0.326 e. The largest absolute Gasteiger partial charge is 0.480 e. The van der Waals surface area contributed by atoms with Crippen LogP contribution in [0.1, 0.15) is 101 Å². The van der Waals surface area contributed by atoms with Crippen LogP contribution in [-0.2, 0) is 41.7 Å². The lowest BCUT2D eigenvalue weighted by molar-refractivity contribution is -0.165. The second kappa shape index (κ2) is 21.0. The van der Waals surface area contributed by atoms with Gasteiger partial charge < -0.3 is 59.7 Å². The van der Waals surface area contributed by atoms with E-state index >= 15 is 9.59 Å². The van der Waals surface area contributed by atoms with Gasteiger partial charge in [-0.2, -0.15) is 0 Å². The fourth-order valence-electron chi connectivity index (χ4n) is 9.50. The molecular weight excluding hydrogens is 789 g/mol. The fraction of sp³-hybridized carbons (Fsp3) is 0.659. The maximum atomic E-state index is 15.2. The van der Waals surface area contributed by atoms with Gasteiger partial charge in [-0.1, -0.05) is 56.4 Å². The third-order valence-electron chi connectivity index (χ3n) is 12.7.